The van der Waals surface area contributed by atoms with Crippen LogP contribution >= 0.6 is 11.3 Å². The number of thiophene rings is 1. The van der Waals surface area contributed by atoms with Crippen LogP contribution in [0.1, 0.15) is 21.9 Å². The van der Waals surface area contributed by atoms with Crippen molar-refractivity contribution < 1.29 is 4.79 Å². The first-order valence-electron chi connectivity index (χ1n) is 9.34. The lowest BCUT2D eigenvalue weighted by atomic mass is 10.2. The maximum Gasteiger partial charge on any atom is 0.255 e. The number of nitrogens with one attached hydrogen (secondary N) is 1. The average Bonchev–Trinajstić information content (AvgIpc) is 3.52. The molecular weight excluding hydrogens is 398 g/mol. The molecule has 1 amide bonds. The summed E-state index contributed by atoms with van der Waals surface area (Å²) in [6, 6.07) is 17.5. The number of fused-ring (bicyclic) bond motifs is 1. The van der Waals surface area contributed by atoms with Crippen LogP contribution in [0.3, 0.4) is 0 Å². The van der Waals surface area contributed by atoms with Crippen LogP contribution in [0.2, 0.25) is 0 Å². The lowest BCUT2D eigenvalue weighted by molar-refractivity contribution is 0.0949. The van der Waals surface area contributed by atoms with Gasteiger partial charge in [-0.05, 0) is 42.6 Å². The fourth-order valence-electron chi connectivity index (χ4n) is 3.22. The van der Waals surface area contributed by atoms with E-state index in [1.807, 2.05) is 66.9 Å². The number of hydrogen-bond donors (Lipinski definition) is 1. The molecule has 0 aliphatic carbocycles. The van der Waals surface area contributed by atoms with Gasteiger partial charge >= 0.3 is 0 Å². The van der Waals surface area contributed by atoms with Gasteiger partial charge in [0.25, 0.3) is 5.91 Å². The molecule has 0 bridgehead atoms. The van der Waals surface area contributed by atoms with E-state index in [0.717, 1.165) is 22.0 Å². The molecule has 1 aromatic carbocycles. The van der Waals surface area contributed by atoms with Gasteiger partial charge in [-0.3, -0.25) is 4.79 Å². The fourth-order valence-corrected chi connectivity index (χ4v) is 3.91. The van der Waals surface area contributed by atoms with Crippen LogP contribution in [-0.4, -0.2) is 35.5 Å². The van der Waals surface area contributed by atoms with Crippen molar-refractivity contribution >= 4 is 22.9 Å². The Balaban J connectivity index is 1.36. The lowest BCUT2D eigenvalue weighted by Crippen LogP contribution is -2.24. The predicted molar refractivity (Wildman–Crippen MR) is 114 cm³/mol. The number of carbonyl (C=O) groups excluding carboxylic acids is 1. The number of carbonyl (C=O) groups is 1. The van der Waals surface area contributed by atoms with E-state index in [-0.39, 0.29) is 12.5 Å². The average molecular weight is 415 g/mol. The summed E-state index contributed by atoms with van der Waals surface area (Å²) in [6.45, 7) is 2.08. The predicted octanol–water partition coefficient (Wildman–Crippen LogP) is 3.28. The SMILES string of the molecule is Cc1c(C(=O)NCc2nnc3ccc(-c4cccs4)nn23)cnn1-c1ccccc1. The van der Waals surface area contributed by atoms with E-state index in [1.54, 1.807) is 26.7 Å². The number of amides is 1. The van der Waals surface area contributed by atoms with E-state index < -0.39 is 0 Å². The second kappa shape index (κ2) is 7.53. The molecule has 148 valence electrons. The van der Waals surface area contributed by atoms with Crippen LogP contribution in [0, 0.1) is 6.92 Å². The molecule has 9 heteroatoms. The van der Waals surface area contributed by atoms with Crippen LogP contribution in [-0.2, 0) is 6.54 Å². The summed E-state index contributed by atoms with van der Waals surface area (Å²) in [7, 11) is 0. The third kappa shape index (κ3) is 3.25. The normalized spacial score (nSPS) is 11.1. The largest absolute Gasteiger partial charge is 0.345 e. The Morgan fingerprint density at radius 3 is 2.73 bits per heavy atom. The number of nitrogens with zero attached hydrogens (tertiary/aromatic N) is 6. The first kappa shape index (κ1) is 18.2. The van der Waals surface area contributed by atoms with Crippen molar-refractivity contribution in [1.82, 2.24) is 34.9 Å². The first-order chi connectivity index (χ1) is 14.7. The first-order valence-corrected chi connectivity index (χ1v) is 10.2. The molecule has 0 aliphatic heterocycles. The molecule has 0 unspecified atom stereocenters. The molecule has 8 nitrogen and oxygen atoms in total. The summed E-state index contributed by atoms with van der Waals surface area (Å²) in [5, 5.41) is 22.2. The highest BCUT2D eigenvalue weighted by atomic mass is 32.1. The summed E-state index contributed by atoms with van der Waals surface area (Å²) in [6.07, 6.45) is 1.58. The molecule has 0 fully saturated rings. The van der Waals surface area contributed by atoms with Crippen molar-refractivity contribution in [3.05, 3.63) is 83.3 Å². The van der Waals surface area contributed by atoms with E-state index in [9.17, 15) is 4.79 Å². The Morgan fingerprint density at radius 2 is 1.93 bits per heavy atom. The van der Waals surface area contributed by atoms with Gasteiger partial charge in [0.2, 0.25) is 0 Å². The van der Waals surface area contributed by atoms with Crippen LogP contribution in [0.15, 0.2) is 66.2 Å². The quantitative estimate of drug-likeness (QED) is 0.476. The minimum absolute atomic E-state index is 0.205. The number of para-hydroxylation sites is 1. The van der Waals surface area contributed by atoms with E-state index in [1.165, 1.54) is 0 Å². The molecular formula is C21H17N7OS. The molecule has 4 aromatic heterocycles. The summed E-state index contributed by atoms with van der Waals surface area (Å²) in [5.41, 5.74) is 3.66. The van der Waals surface area contributed by atoms with Crippen LogP contribution in [0.25, 0.3) is 21.9 Å². The highest BCUT2D eigenvalue weighted by Crippen LogP contribution is 2.22. The molecule has 0 atom stereocenters. The van der Waals surface area contributed by atoms with E-state index in [0.29, 0.717) is 17.0 Å². The van der Waals surface area contributed by atoms with Crippen molar-refractivity contribution in [2.45, 2.75) is 13.5 Å². The standard InChI is InChI=1S/C21H17N7OS/c1-14-16(12-23-27(14)15-6-3-2-4-7-15)21(29)22-13-20-25-24-19-10-9-17(26-28(19)20)18-8-5-11-30-18/h2-12H,13H2,1H3,(H,22,29). The molecule has 30 heavy (non-hydrogen) atoms. The van der Waals surface area contributed by atoms with Crippen LogP contribution in [0.5, 0.6) is 0 Å². The zero-order valence-corrected chi connectivity index (χ0v) is 16.9. The summed E-state index contributed by atoms with van der Waals surface area (Å²) in [4.78, 5) is 13.8. The summed E-state index contributed by atoms with van der Waals surface area (Å²) < 4.78 is 3.41. The Kier molecular flexibility index (Phi) is 4.56. The molecule has 4 heterocycles. The molecule has 0 radical (unpaired) electrons. The minimum Gasteiger partial charge on any atom is -0.345 e. The van der Waals surface area contributed by atoms with Gasteiger partial charge in [-0.25, -0.2) is 4.68 Å². The summed E-state index contributed by atoms with van der Waals surface area (Å²) in [5.74, 6) is 0.339. The third-order valence-electron chi connectivity index (χ3n) is 4.76. The van der Waals surface area contributed by atoms with Crippen molar-refractivity contribution in [2.75, 3.05) is 0 Å². The van der Waals surface area contributed by atoms with Crippen molar-refractivity contribution in [2.24, 2.45) is 0 Å². The zero-order chi connectivity index (χ0) is 20.5. The third-order valence-corrected chi connectivity index (χ3v) is 5.66. The zero-order valence-electron chi connectivity index (χ0n) is 16.1. The Hall–Kier alpha value is -3.85. The van der Waals surface area contributed by atoms with Crippen LogP contribution < -0.4 is 5.32 Å². The monoisotopic (exact) mass is 415 g/mol. The Bertz CT molecular complexity index is 1320. The van der Waals surface area contributed by atoms with E-state index in [2.05, 4.69) is 25.7 Å². The number of benzene rings is 1. The molecule has 0 saturated heterocycles. The topological polar surface area (TPSA) is 90.0 Å². The fraction of sp³-hybridized carbons (Fsp3) is 0.0952. The van der Waals surface area contributed by atoms with Crippen molar-refractivity contribution in [1.29, 1.82) is 0 Å². The van der Waals surface area contributed by atoms with Gasteiger partial charge in [0, 0.05) is 0 Å². The van der Waals surface area contributed by atoms with Gasteiger partial charge in [-0.2, -0.15) is 14.7 Å². The Labute approximate surface area is 175 Å². The molecule has 1 N–H and O–H groups in total. The minimum atomic E-state index is -0.221. The van der Waals surface area contributed by atoms with Gasteiger partial charge in [0.15, 0.2) is 11.5 Å². The van der Waals surface area contributed by atoms with Crippen molar-refractivity contribution in [3.8, 4) is 16.3 Å². The van der Waals surface area contributed by atoms with E-state index >= 15 is 0 Å². The number of aromatic nitrogens is 6. The maximum absolute atomic E-state index is 12.8. The van der Waals surface area contributed by atoms with Gasteiger partial charge in [-0.1, -0.05) is 24.3 Å². The van der Waals surface area contributed by atoms with Gasteiger partial charge in [-0.15, -0.1) is 21.5 Å². The molecule has 0 aliphatic rings. The smallest absolute Gasteiger partial charge is 0.255 e. The second-order valence-corrected chi connectivity index (χ2v) is 7.60. The maximum atomic E-state index is 12.8. The number of hydrogen-bond acceptors (Lipinski definition) is 6. The van der Waals surface area contributed by atoms with Crippen LogP contribution in [0.4, 0.5) is 0 Å². The van der Waals surface area contributed by atoms with Gasteiger partial charge in [0.05, 0.1) is 34.6 Å². The molecule has 0 saturated carbocycles. The van der Waals surface area contributed by atoms with Gasteiger partial charge < -0.3 is 5.32 Å². The second-order valence-electron chi connectivity index (χ2n) is 6.66. The summed E-state index contributed by atoms with van der Waals surface area (Å²) >= 11 is 1.61. The molecule has 5 aromatic rings. The highest BCUT2D eigenvalue weighted by molar-refractivity contribution is 7.13. The van der Waals surface area contributed by atoms with Crippen molar-refractivity contribution in [3.63, 3.8) is 0 Å². The lowest BCUT2D eigenvalue weighted by Gasteiger charge is -2.06. The molecule has 0 spiro atoms. The highest BCUT2D eigenvalue weighted by Gasteiger charge is 2.16. The number of rotatable bonds is 5. The molecule has 5 rings (SSSR count). The van der Waals surface area contributed by atoms with E-state index in [4.69, 9.17) is 0 Å². The van der Waals surface area contributed by atoms with Gasteiger partial charge in [0.1, 0.15) is 5.69 Å². The Morgan fingerprint density at radius 1 is 1.07 bits per heavy atom.